The Labute approximate surface area is 121 Å². The molecule has 0 amide bonds. The quantitative estimate of drug-likeness (QED) is 0.922. The van der Waals surface area contributed by atoms with Crippen molar-refractivity contribution in [3.05, 3.63) is 47.0 Å². The second kappa shape index (κ2) is 5.80. The van der Waals surface area contributed by atoms with Crippen LogP contribution >= 0.6 is 15.9 Å². The maximum absolute atomic E-state index is 4.55. The second-order valence-electron chi connectivity index (χ2n) is 4.86. The first-order valence-corrected chi connectivity index (χ1v) is 7.41. The number of benzene rings is 1. The molecule has 0 bridgehead atoms. The Bertz CT molecular complexity index is 548. The van der Waals surface area contributed by atoms with E-state index in [4.69, 9.17) is 0 Å². The van der Waals surface area contributed by atoms with Gasteiger partial charge in [-0.25, -0.2) is 9.97 Å². The molecule has 0 atom stereocenters. The van der Waals surface area contributed by atoms with Crippen LogP contribution in [0.15, 0.2) is 41.1 Å². The maximum Gasteiger partial charge on any atom is 0.131 e. The SMILES string of the molecule is Brc1cccc(-c2cnc(C3CCNCC3)nc2)c1. The third-order valence-corrected chi connectivity index (χ3v) is 4.03. The van der Waals surface area contributed by atoms with E-state index in [0.717, 1.165) is 47.4 Å². The van der Waals surface area contributed by atoms with Gasteiger partial charge in [0.25, 0.3) is 0 Å². The Balaban J connectivity index is 1.82. The summed E-state index contributed by atoms with van der Waals surface area (Å²) in [4.78, 5) is 9.11. The van der Waals surface area contributed by atoms with E-state index in [9.17, 15) is 0 Å². The molecule has 0 unspecified atom stereocenters. The minimum atomic E-state index is 0.512. The summed E-state index contributed by atoms with van der Waals surface area (Å²) in [6, 6.07) is 8.21. The summed E-state index contributed by atoms with van der Waals surface area (Å²) in [5.41, 5.74) is 2.21. The second-order valence-corrected chi connectivity index (χ2v) is 5.78. The molecule has 2 aromatic rings. The molecular formula is C15H16BrN3. The number of hydrogen-bond acceptors (Lipinski definition) is 3. The number of rotatable bonds is 2. The minimum absolute atomic E-state index is 0.512. The summed E-state index contributed by atoms with van der Waals surface area (Å²) >= 11 is 3.49. The van der Waals surface area contributed by atoms with Crippen LogP contribution in [-0.4, -0.2) is 23.1 Å². The molecule has 1 N–H and O–H groups in total. The Morgan fingerprint density at radius 3 is 2.47 bits per heavy atom. The molecular weight excluding hydrogens is 302 g/mol. The average molecular weight is 318 g/mol. The van der Waals surface area contributed by atoms with E-state index in [1.807, 2.05) is 24.5 Å². The molecule has 3 nitrogen and oxygen atoms in total. The number of halogens is 1. The zero-order chi connectivity index (χ0) is 13.1. The van der Waals surface area contributed by atoms with E-state index in [-0.39, 0.29) is 0 Å². The molecule has 1 fully saturated rings. The van der Waals surface area contributed by atoms with Crippen molar-refractivity contribution in [1.29, 1.82) is 0 Å². The Hall–Kier alpha value is -1.26. The molecule has 1 aliphatic rings. The first-order chi connectivity index (χ1) is 9.33. The van der Waals surface area contributed by atoms with E-state index in [0.29, 0.717) is 5.92 Å². The highest BCUT2D eigenvalue weighted by atomic mass is 79.9. The van der Waals surface area contributed by atoms with Gasteiger partial charge in [-0.2, -0.15) is 0 Å². The van der Waals surface area contributed by atoms with Gasteiger partial charge in [0.05, 0.1) is 0 Å². The predicted octanol–water partition coefficient (Wildman–Crippen LogP) is 3.37. The van der Waals surface area contributed by atoms with Crippen molar-refractivity contribution in [1.82, 2.24) is 15.3 Å². The normalized spacial score (nSPS) is 16.5. The van der Waals surface area contributed by atoms with Crippen LogP contribution in [0, 0.1) is 0 Å². The number of aromatic nitrogens is 2. The average Bonchev–Trinajstić information content (AvgIpc) is 2.48. The van der Waals surface area contributed by atoms with Crippen molar-refractivity contribution in [3.63, 3.8) is 0 Å². The van der Waals surface area contributed by atoms with Crippen LogP contribution in [0.4, 0.5) is 0 Å². The smallest absolute Gasteiger partial charge is 0.131 e. The standard InChI is InChI=1S/C15H16BrN3/c16-14-3-1-2-12(8-14)13-9-18-15(19-10-13)11-4-6-17-7-5-11/h1-3,8-11,17H,4-7H2. The molecule has 1 aliphatic heterocycles. The van der Waals surface area contributed by atoms with Gasteiger partial charge < -0.3 is 5.32 Å². The summed E-state index contributed by atoms with van der Waals surface area (Å²) in [5.74, 6) is 1.50. The van der Waals surface area contributed by atoms with E-state index in [1.165, 1.54) is 0 Å². The van der Waals surface area contributed by atoms with Gasteiger partial charge in [-0.05, 0) is 43.6 Å². The Kier molecular flexibility index (Phi) is 3.89. The van der Waals surface area contributed by atoms with Crippen molar-refractivity contribution in [2.75, 3.05) is 13.1 Å². The molecule has 1 saturated heterocycles. The van der Waals surface area contributed by atoms with Crippen LogP contribution in [0.25, 0.3) is 11.1 Å². The van der Waals surface area contributed by atoms with Gasteiger partial charge in [0.2, 0.25) is 0 Å². The predicted molar refractivity (Wildman–Crippen MR) is 80.0 cm³/mol. The first-order valence-electron chi connectivity index (χ1n) is 6.61. The van der Waals surface area contributed by atoms with Crippen molar-refractivity contribution < 1.29 is 0 Å². The van der Waals surface area contributed by atoms with Gasteiger partial charge in [-0.1, -0.05) is 28.1 Å². The number of nitrogens with zero attached hydrogens (tertiary/aromatic N) is 2. The Morgan fingerprint density at radius 1 is 1.05 bits per heavy atom. The largest absolute Gasteiger partial charge is 0.317 e. The van der Waals surface area contributed by atoms with Gasteiger partial charge in [-0.3, -0.25) is 0 Å². The zero-order valence-corrected chi connectivity index (χ0v) is 12.2. The van der Waals surface area contributed by atoms with Crippen LogP contribution in [0.5, 0.6) is 0 Å². The molecule has 2 heterocycles. The van der Waals surface area contributed by atoms with E-state index < -0.39 is 0 Å². The fourth-order valence-corrected chi connectivity index (χ4v) is 2.85. The van der Waals surface area contributed by atoms with Crippen LogP contribution < -0.4 is 5.32 Å². The van der Waals surface area contributed by atoms with Crippen molar-refractivity contribution >= 4 is 15.9 Å². The summed E-state index contributed by atoms with van der Waals surface area (Å²) in [7, 11) is 0. The van der Waals surface area contributed by atoms with Crippen LogP contribution in [0.1, 0.15) is 24.6 Å². The summed E-state index contributed by atoms with van der Waals surface area (Å²) in [5, 5.41) is 3.37. The van der Waals surface area contributed by atoms with Crippen molar-refractivity contribution in [2.45, 2.75) is 18.8 Å². The molecule has 1 aromatic carbocycles. The molecule has 3 rings (SSSR count). The minimum Gasteiger partial charge on any atom is -0.317 e. The zero-order valence-electron chi connectivity index (χ0n) is 10.6. The third kappa shape index (κ3) is 3.01. The lowest BCUT2D eigenvalue weighted by Gasteiger charge is -2.21. The molecule has 0 spiro atoms. The van der Waals surface area contributed by atoms with E-state index >= 15 is 0 Å². The highest BCUT2D eigenvalue weighted by molar-refractivity contribution is 9.10. The van der Waals surface area contributed by atoms with Crippen molar-refractivity contribution in [2.24, 2.45) is 0 Å². The van der Waals surface area contributed by atoms with Gasteiger partial charge in [0, 0.05) is 28.3 Å². The van der Waals surface area contributed by atoms with Gasteiger partial charge in [-0.15, -0.1) is 0 Å². The fraction of sp³-hybridized carbons (Fsp3) is 0.333. The molecule has 4 heteroatoms. The highest BCUT2D eigenvalue weighted by Gasteiger charge is 2.17. The molecule has 0 radical (unpaired) electrons. The van der Waals surface area contributed by atoms with Crippen LogP contribution in [0.3, 0.4) is 0 Å². The summed E-state index contributed by atoms with van der Waals surface area (Å²) in [6.45, 7) is 2.14. The van der Waals surface area contributed by atoms with Crippen LogP contribution in [0.2, 0.25) is 0 Å². The topological polar surface area (TPSA) is 37.8 Å². The summed E-state index contributed by atoms with van der Waals surface area (Å²) in [6.07, 6.45) is 6.14. The van der Waals surface area contributed by atoms with Gasteiger partial charge in [0.1, 0.15) is 5.82 Å². The molecule has 0 saturated carbocycles. The lowest BCUT2D eigenvalue weighted by molar-refractivity contribution is 0.445. The monoisotopic (exact) mass is 317 g/mol. The third-order valence-electron chi connectivity index (χ3n) is 3.53. The van der Waals surface area contributed by atoms with Gasteiger partial charge in [0.15, 0.2) is 0 Å². The molecule has 19 heavy (non-hydrogen) atoms. The summed E-state index contributed by atoms with van der Waals surface area (Å²) < 4.78 is 1.08. The number of nitrogens with one attached hydrogen (secondary N) is 1. The number of hydrogen-bond donors (Lipinski definition) is 1. The fourth-order valence-electron chi connectivity index (χ4n) is 2.45. The Morgan fingerprint density at radius 2 is 1.79 bits per heavy atom. The van der Waals surface area contributed by atoms with E-state index in [2.05, 4.69) is 43.3 Å². The lowest BCUT2D eigenvalue weighted by Crippen LogP contribution is -2.27. The lowest BCUT2D eigenvalue weighted by atomic mass is 9.97. The van der Waals surface area contributed by atoms with Gasteiger partial charge >= 0.3 is 0 Å². The molecule has 0 aliphatic carbocycles. The van der Waals surface area contributed by atoms with Crippen molar-refractivity contribution in [3.8, 4) is 11.1 Å². The first kappa shape index (κ1) is 12.8. The molecule has 98 valence electrons. The maximum atomic E-state index is 4.55. The molecule has 1 aromatic heterocycles. The number of piperidine rings is 1. The van der Waals surface area contributed by atoms with Crippen LogP contribution in [-0.2, 0) is 0 Å². The highest BCUT2D eigenvalue weighted by Crippen LogP contribution is 2.25. The van der Waals surface area contributed by atoms with E-state index in [1.54, 1.807) is 0 Å².